The maximum atomic E-state index is 5.09. The summed E-state index contributed by atoms with van der Waals surface area (Å²) in [5, 5.41) is 0. The molecular formula is C18H30S16. The second kappa shape index (κ2) is 13.5. The molecular weight excluding hydrogens is 729 g/mol. The highest BCUT2D eigenvalue weighted by atomic mass is 32.3. The van der Waals surface area contributed by atoms with Crippen LogP contribution < -0.4 is 0 Å². The van der Waals surface area contributed by atoms with Gasteiger partial charge in [0.25, 0.3) is 0 Å². The lowest BCUT2D eigenvalue weighted by molar-refractivity contribution is 0.677. The van der Waals surface area contributed by atoms with Crippen LogP contribution in [0.15, 0.2) is 0 Å². The normalized spacial score (nSPS) is 24.2. The van der Waals surface area contributed by atoms with Crippen LogP contribution in [0.25, 0.3) is 0 Å². The van der Waals surface area contributed by atoms with E-state index in [2.05, 4.69) is 0 Å². The maximum Gasteiger partial charge on any atom is 0.106 e. The van der Waals surface area contributed by atoms with Crippen LogP contribution in [0.4, 0.5) is 0 Å². The van der Waals surface area contributed by atoms with Crippen molar-refractivity contribution >= 4 is 195 Å². The van der Waals surface area contributed by atoms with Gasteiger partial charge in [-0.2, -0.15) is 148 Å². The van der Waals surface area contributed by atoms with E-state index in [9.17, 15) is 0 Å². The Morgan fingerprint density at radius 3 is 0.706 bits per heavy atom. The van der Waals surface area contributed by atoms with Crippen molar-refractivity contribution in [1.29, 1.82) is 0 Å². The van der Waals surface area contributed by atoms with Crippen LogP contribution >= 0.6 is 195 Å². The molecule has 16 heteroatoms. The Bertz CT molecular complexity index is 567. The van der Waals surface area contributed by atoms with Crippen molar-refractivity contribution in [1.82, 2.24) is 0 Å². The fourth-order valence-electron chi connectivity index (χ4n) is 3.15. The van der Waals surface area contributed by atoms with Gasteiger partial charge in [-0.25, -0.2) is 0 Å². The lowest BCUT2D eigenvalue weighted by Crippen LogP contribution is -2.42. The van der Waals surface area contributed by atoms with Gasteiger partial charge in [0.2, 0.25) is 0 Å². The molecule has 0 bridgehead atoms. The highest BCUT2D eigenvalue weighted by Gasteiger charge is 2.51. The smallest absolute Gasteiger partial charge is 0.106 e. The quantitative estimate of drug-likeness (QED) is 0.0694. The van der Waals surface area contributed by atoms with Crippen LogP contribution in [0, 0.1) is 23.7 Å². The first kappa shape index (κ1) is 32.5. The predicted molar refractivity (Wildman–Crippen MR) is 204 cm³/mol. The van der Waals surface area contributed by atoms with Crippen LogP contribution in [-0.2, 0) is 0 Å². The first-order valence-corrected chi connectivity index (χ1v) is 22.3. The minimum atomic E-state index is -0.418. The zero-order chi connectivity index (χ0) is 24.8. The first-order chi connectivity index (χ1) is 15.8. The van der Waals surface area contributed by atoms with Crippen molar-refractivity contribution in [2.45, 2.75) is 22.8 Å². The number of hydrogen-bond acceptors (Lipinski definition) is 16. The molecule has 0 aromatic heterocycles. The SMILES string of the molecule is SC(S)(SC(SC(S)(S)C1CSC1)C(SC(S)(S)C1CSC1)SC(S)(S)C1CSC1)C1CSC1. The van der Waals surface area contributed by atoms with Gasteiger partial charge in [-0.3, -0.25) is 0 Å². The van der Waals surface area contributed by atoms with Crippen molar-refractivity contribution in [2.75, 3.05) is 46.0 Å². The molecule has 0 nitrogen and oxygen atoms in total. The van der Waals surface area contributed by atoms with Crippen LogP contribution in [0.1, 0.15) is 0 Å². The fourth-order valence-corrected chi connectivity index (χ4v) is 22.5. The lowest BCUT2D eigenvalue weighted by atomic mass is 10.2. The van der Waals surface area contributed by atoms with Crippen molar-refractivity contribution in [3.05, 3.63) is 0 Å². The first-order valence-electron chi connectivity index (χ1n) is 10.6. The topological polar surface area (TPSA) is 0 Å². The van der Waals surface area contributed by atoms with E-state index < -0.39 is 13.6 Å². The number of thioether (sulfide) groups is 8. The van der Waals surface area contributed by atoms with Crippen molar-refractivity contribution in [2.24, 2.45) is 23.7 Å². The molecule has 0 radical (unpaired) electrons. The molecule has 4 rings (SSSR count). The van der Waals surface area contributed by atoms with Gasteiger partial charge in [-0.05, 0) is 46.0 Å². The molecule has 4 aliphatic rings. The highest BCUT2D eigenvalue weighted by molar-refractivity contribution is 8.38. The van der Waals surface area contributed by atoms with Gasteiger partial charge in [-0.15, -0.1) is 47.0 Å². The molecule has 0 N–H and O–H groups in total. The molecule has 4 fully saturated rings. The summed E-state index contributed by atoms with van der Waals surface area (Å²) in [6.07, 6.45) is 0. The summed E-state index contributed by atoms with van der Waals surface area (Å²) >= 11 is 56.1. The Balaban J connectivity index is 1.59. The summed E-state index contributed by atoms with van der Waals surface area (Å²) < 4.78 is -1.41. The van der Waals surface area contributed by atoms with Crippen molar-refractivity contribution in [3.63, 3.8) is 0 Å². The van der Waals surface area contributed by atoms with Gasteiger partial charge in [0.15, 0.2) is 0 Å². The molecule has 0 unspecified atom stereocenters. The molecule has 0 amide bonds. The van der Waals surface area contributed by atoms with Gasteiger partial charge in [0.05, 0.1) is 9.16 Å². The van der Waals surface area contributed by atoms with Gasteiger partial charge in [0, 0.05) is 23.7 Å². The Kier molecular flexibility index (Phi) is 12.9. The van der Waals surface area contributed by atoms with E-state index in [-0.39, 0.29) is 9.16 Å². The average molecular weight is 760 g/mol. The summed E-state index contributed by atoms with van der Waals surface area (Å²) in [5.74, 6) is 10.8. The zero-order valence-corrected chi connectivity index (χ0v) is 31.7. The monoisotopic (exact) mass is 758 g/mol. The van der Waals surface area contributed by atoms with Gasteiger partial charge in [0.1, 0.15) is 13.6 Å². The minimum absolute atomic E-state index is 0.133. The van der Waals surface area contributed by atoms with Crippen molar-refractivity contribution < 1.29 is 0 Å². The molecule has 4 heterocycles. The van der Waals surface area contributed by atoms with Crippen LogP contribution in [0.5, 0.6) is 0 Å². The van der Waals surface area contributed by atoms with Crippen molar-refractivity contribution in [3.8, 4) is 0 Å². The van der Waals surface area contributed by atoms with E-state index in [0.717, 1.165) is 46.0 Å². The molecule has 0 spiro atoms. The molecule has 0 aliphatic carbocycles. The number of thiol groups is 8. The molecule has 4 saturated heterocycles. The van der Waals surface area contributed by atoms with E-state index in [1.165, 1.54) is 0 Å². The minimum Gasteiger partial charge on any atom is -0.161 e. The van der Waals surface area contributed by atoms with E-state index >= 15 is 0 Å². The molecule has 198 valence electrons. The number of hydrogen-bond donors (Lipinski definition) is 8. The van der Waals surface area contributed by atoms with E-state index in [0.29, 0.717) is 23.7 Å². The zero-order valence-electron chi connectivity index (χ0n) is 18.0. The Morgan fingerprint density at radius 2 is 0.588 bits per heavy atom. The molecule has 0 saturated carbocycles. The fraction of sp³-hybridized carbons (Fsp3) is 1.00. The number of rotatable bonds is 13. The molecule has 34 heavy (non-hydrogen) atoms. The summed E-state index contributed by atoms with van der Waals surface area (Å²) in [6, 6.07) is 0. The average Bonchev–Trinajstić information content (AvgIpc) is 2.42. The van der Waals surface area contributed by atoms with Crippen LogP contribution in [0.2, 0.25) is 0 Å². The standard InChI is InChI=1S/C18H30S16/c19-15(20,9-1-27-2-9)31-13(32-16(21,22)10-3-28-4-10)14(33-17(23,24)11-5-29-6-11)34-18(25,26)12-7-30-8-12/h9-14,19-26H,1-8H2. The summed E-state index contributed by atoms with van der Waals surface area (Å²) in [5.41, 5.74) is 0. The van der Waals surface area contributed by atoms with E-state index in [1.54, 1.807) is 0 Å². The molecule has 0 aromatic carbocycles. The van der Waals surface area contributed by atoms with E-state index in [1.807, 2.05) is 94.1 Å². The van der Waals surface area contributed by atoms with Gasteiger partial charge >= 0.3 is 0 Å². The Morgan fingerprint density at radius 1 is 0.412 bits per heavy atom. The lowest BCUT2D eigenvalue weighted by Gasteiger charge is -2.48. The Hall–Kier alpha value is 5.60. The second-order valence-corrected chi connectivity index (χ2v) is 28.7. The summed E-state index contributed by atoms with van der Waals surface area (Å²) in [4.78, 5) is 0. The van der Waals surface area contributed by atoms with Crippen LogP contribution in [0.3, 0.4) is 0 Å². The van der Waals surface area contributed by atoms with Gasteiger partial charge in [-0.1, -0.05) is 0 Å². The van der Waals surface area contributed by atoms with Gasteiger partial charge < -0.3 is 0 Å². The highest BCUT2D eigenvalue weighted by Crippen LogP contribution is 2.64. The third-order valence-corrected chi connectivity index (χ3v) is 23.2. The third kappa shape index (κ3) is 8.36. The Labute approximate surface area is 283 Å². The second-order valence-electron chi connectivity index (χ2n) is 8.78. The molecule has 0 aromatic rings. The molecule has 0 atom stereocenters. The summed E-state index contributed by atoms with van der Waals surface area (Å²) in [7, 11) is 0. The predicted octanol–water partition coefficient (Wildman–Crippen LogP) is 8.08. The largest absolute Gasteiger partial charge is 0.161 e. The third-order valence-electron chi connectivity index (χ3n) is 6.06. The summed E-state index contributed by atoms with van der Waals surface area (Å²) in [6.45, 7) is 0. The molecule has 4 aliphatic heterocycles. The van der Waals surface area contributed by atoms with Crippen LogP contribution in [-0.4, -0.2) is 68.8 Å². The van der Waals surface area contributed by atoms with E-state index in [4.69, 9.17) is 101 Å². The maximum absolute atomic E-state index is 5.09.